The first-order chi connectivity index (χ1) is 11.2. The van der Waals surface area contributed by atoms with E-state index >= 15 is 0 Å². The number of carboxylic acid groups (broad SMARTS) is 1. The number of rotatable bonds is 14. The van der Waals surface area contributed by atoms with Crippen LogP contribution in [0.25, 0.3) is 0 Å². The molecular weight excluding hydrogens is 288 g/mol. The molecule has 0 heterocycles. The predicted octanol–water partition coefficient (Wildman–Crippen LogP) is 5.19. The van der Waals surface area contributed by atoms with Crippen LogP contribution in [0.5, 0.6) is 0 Å². The van der Waals surface area contributed by atoms with Crippen LogP contribution in [0.2, 0.25) is 0 Å². The molecule has 23 heavy (non-hydrogen) atoms. The molecule has 0 bridgehead atoms. The van der Waals surface area contributed by atoms with E-state index in [4.69, 9.17) is 5.11 Å². The number of allylic oxidation sites excluding steroid dienone is 8. The average Bonchev–Trinajstić information content (AvgIpc) is 2.53. The number of hydrogen-bond acceptors (Lipinski definition) is 2. The van der Waals surface area contributed by atoms with Gasteiger partial charge in [0.2, 0.25) is 0 Å². The van der Waals surface area contributed by atoms with E-state index in [1.165, 1.54) is 0 Å². The summed E-state index contributed by atoms with van der Waals surface area (Å²) >= 11 is 0. The second kappa shape index (κ2) is 16.8. The Balaban J connectivity index is 3.46. The summed E-state index contributed by atoms with van der Waals surface area (Å²) in [7, 11) is 0. The van der Waals surface area contributed by atoms with E-state index in [9.17, 15) is 9.90 Å². The molecule has 0 aromatic carbocycles. The van der Waals surface area contributed by atoms with Crippen LogP contribution in [-0.2, 0) is 4.79 Å². The molecule has 130 valence electrons. The first-order valence-electron chi connectivity index (χ1n) is 8.66. The minimum Gasteiger partial charge on any atom is -0.481 e. The summed E-state index contributed by atoms with van der Waals surface area (Å²) < 4.78 is 0. The molecule has 3 nitrogen and oxygen atoms in total. The van der Waals surface area contributed by atoms with Crippen molar-refractivity contribution in [2.45, 2.75) is 70.8 Å². The maximum atomic E-state index is 10.3. The zero-order valence-electron chi connectivity index (χ0n) is 14.4. The van der Waals surface area contributed by atoms with E-state index < -0.39 is 5.97 Å². The van der Waals surface area contributed by atoms with Crippen LogP contribution < -0.4 is 0 Å². The minimum atomic E-state index is -0.724. The SMILES string of the molecule is CC[C@@H](O)CC/C=C\C/C=C\C/C=C\C/C=C\CCCC(=O)O. The Kier molecular flexibility index (Phi) is 15.6. The molecule has 0 radical (unpaired) electrons. The van der Waals surface area contributed by atoms with Crippen LogP contribution >= 0.6 is 0 Å². The molecule has 0 aliphatic rings. The lowest BCUT2D eigenvalue weighted by atomic mass is 10.1. The quantitative estimate of drug-likeness (QED) is 0.342. The number of hydrogen-bond donors (Lipinski definition) is 2. The highest BCUT2D eigenvalue weighted by molar-refractivity contribution is 5.66. The topological polar surface area (TPSA) is 57.5 Å². The fourth-order valence-electron chi connectivity index (χ4n) is 1.91. The standard InChI is InChI=1S/C20H32O3/c1-2-19(21)17-15-13-11-9-7-5-3-4-6-8-10-12-14-16-18-20(22)23/h4-7,10-13,19,21H,2-3,8-9,14-18H2,1H3,(H,22,23)/b6-4-,7-5-,12-10-,13-11-/t19-/m1/s1. The van der Waals surface area contributed by atoms with Crippen LogP contribution in [-0.4, -0.2) is 22.3 Å². The Bertz CT molecular complexity index is 392. The minimum absolute atomic E-state index is 0.161. The van der Waals surface area contributed by atoms with E-state index in [1.807, 2.05) is 13.0 Å². The summed E-state index contributed by atoms with van der Waals surface area (Å²) in [5.74, 6) is -0.724. The normalized spacial score (nSPS) is 13.8. The Hall–Kier alpha value is -1.61. The maximum Gasteiger partial charge on any atom is 0.303 e. The van der Waals surface area contributed by atoms with Crippen LogP contribution in [0.4, 0.5) is 0 Å². The van der Waals surface area contributed by atoms with Gasteiger partial charge in [0.05, 0.1) is 6.10 Å². The molecule has 0 fully saturated rings. The molecule has 0 aliphatic heterocycles. The van der Waals surface area contributed by atoms with Crippen molar-refractivity contribution in [3.8, 4) is 0 Å². The van der Waals surface area contributed by atoms with Crippen LogP contribution in [0, 0.1) is 0 Å². The molecule has 0 aliphatic carbocycles. The third-order valence-electron chi connectivity index (χ3n) is 3.38. The van der Waals surface area contributed by atoms with Crippen molar-refractivity contribution in [3.63, 3.8) is 0 Å². The average molecular weight is 320 g/mol. The van der Waals surface area contributed by atoms with Gasteiger partial charge in [0.25, 0.3) is 0 Å². The summed E-state index contributed by atoms with van der Waals surface area (Å²) in [5, 5.41) is 17.9. The Morgan fingerprint density at radius 3 is 1.83 bits per heavy atom. The van der Waals surface area contributed by atoms with Crippen molar-refractivity contribution in [2.24, 2.45) is 0 Å². The van der Waals surface area contributed by atoms with Gasteiger partial charge in [0, 0.05) is 6.42 Å². The molecule has 2 N–H and O–H groups in total. The fraction of sp³-hybridized carbons (Fsp3) is 0.550. The smallest absolute Gasteiger partial charge is 0.303 e. The monoisotopic (exact) mass is 320 g/mol. The lowest BCUT2D eigenvalue weighted by Gasteiger charge is -2.03. The van der Waals surface area contributed by atoms with Gasteiger partial charge in [-0.3, -0.25) is 4.79 Å². The van der Waals surface area contributed by atoms with Crippen molar-refractivity contribution in [1.29, 1.82) is 0 Å². The zero-order chi connectivity index (χ0) is 17.2. The van der Waals surface area contributed by atoms with Crippen LogP contribution in [0.15, 0.2) is 48.6 Å². The highest BCUT2D eigenvalue weighted by atomic mass is 16.4. The highest BCUT2D eigenvalue weighted by Gasteiger charge is 1.96. The largest absolute Gasteiger partial charge is 0.481 e. The molecule has 0 spiro atoms. The second-order valence-corrected chi connectivity index (χ2v) is 5.52. The van der Waals surface area contributed by atoms with E-state index in [-0.39, 0.29) is 12.5 Å². The second-order valence-electron chi connectivity index (χ2n) is 5.52. The Morgan fingerprint density at radius 2 is 1.35 bits per heavy atom. The number of aliphatic hydroxyl groups excluding tert-OH is 1. The number of unbranched alkanes of at least 4 members (excludes halogenated alkanes) is 1. The van der Waals surface area contributed by atoms with Crippen LogP contribution in [0.3, 0.4) is 0 Å². The van der Waals surface area contributed by atoms with Crippen molar-refractivity contribution < 1.29 is 15.0 Å². The van der Waals surface area contributed by atoms with Gasteiger partial charge in [0.1, 0.15) is 0 Å². The summed E-state index contributed by atoms with van der Waals surface area (Å²) in [5.41, 5.74) is 0. The van der Waals surface area contributed by atoms with Gasteiger partial charge in [-0.25, -0.2) is 0 Å². The first-order valence-corrected chi connectivity index (χ1v) is 8.66. The lowest BCUT2D eigenvalue weighted by Crippen LogP contribution is -2.02. The number of aliphatic carboxylic acids is 1. The summed E-state index contributed by atoms with van der Waals surface area (Å²) in [6.45, 7) is 2.00. The molecule has 3 heteroatoms. The third kappa shape index (κ3) is 18.3. The fourth-order valence-corrected chi connectivity index (χ4v) is 1.91. The summed E-state index contributed by atoms with van der Waals surface area (Å²) in [6, 6.07) is 0. The van der Waals surface area contributed by atoms with Crippen molar-refractivity contribution in [3.05, 3.63) is 48.6 Å². The van der Waals surface area contributed by atoms with Crippen LogP contribution in [0.1, 0.15) is 64.7 Å². The Morgan fingerprint density at radius 1 is 0.870 bits per heavy atom. The van der Waals surface area contributed by atoms with E-state index in [1.54, 1.807) is 0 Å². The van der Waals surface area contributed by atoms with Gasteiger partial charge < -0.3 is 10.2 Å². The molecule has 0 amide bonds. The molecule has 0 unspecified atom stereocenters. The van der Waals surface area contributed by atoms with E-state index in [2.05, 4.69) is 42.5 Å². The first kappa shape index (κ1) is 21.4. The molecule has 0 aromatic heterocycles. The molecular formula is C20H32O3. The van der Waals surface area contributed by atoms with E-state index in [0.717, 1.165) is 44.9 Å². The van der Waals surface area contributed by atoms with Crippen molar-refractivity contribution in [1.82, 2.24) is 0 Å². The molecule has 1 atom stereocenters. The zero-order valence-corrected chi connectivity index (χ0v) is 14.4. The van der Waals surface area contributed by atoms with Gasteiger partial charge in [-0.15, -0.1) is 0 Å². The summed E-state index contributed by atoms with van der Waals surface area (Å²) in [6.07, 6.45) is 24.0. The Labute approximate surface area is 141 Å². The molecule has 0 aromatic rings. The highest BCUT2D eigenvalue weighted by Crippen LogP contribution is 2.02. The van der Waals surface area contributed by atoms with Gasteiger partial charge in [-0.05, 0) is 51.4 Å². The number of carboxylic acids is 1. The number of aliphatic hydroxyl groups is 1. The maximum absolute atomic E-state index is 10.3. The van der Waals surface area contributed by atoms with Gasteiger partial charge >= 0.3 is 5.97 Å². The van der Waals surface area contributed by atoms with Crippen molar-refractivity contribution >= 4 is 5.97 Å². The molecule has 0 rings (SSSR count). The predicted molar refractivity (Wildman–Crippen MR) is 97.4 cm³/mol. The van der Waals surface area contributed by atoms with E-state index in [0.29, 0.717) is 6.42 Å². The van der Waals surface area contributed by atoms with Gasteiger partial charge in [-0.1, -0.05) is 55.5 Å². The lowest BCUT2D eigenvalue weighted by molar-refractivity contribution is -0.137. The van der Waals surface area contributed by atoms with Gasteiger partial charge in [0.15, 0.2) is 0 Å². The van der Waals surface area contributed by atoms with Gasteiger partial charge in [-0.2, -0.15) is 0 Å². The molecule has 0 saturated carbocycles. The number of carbonyl (C=O) groups is 1. The molecule has 0 saturated heterocycles. The summed E-state index contributed by atoms with van der Waals surface area (Å²) in [4.78, 5) is 10.3. The third-order valence-corrected chi connectivity index (χ3v) is 3.38. The van der Waals surface area contributed by atoms with Crippen molar-refractivity contribution in [2.75, 3.05) is 0 Å².